The van der Waals surface area contributed by atoms with Crippen LogP contribution in [-0.2, 0) is 43.4 Å². The lowest BCUT2D eigenvalue weighted by atomic mass is 9.85. The molecule has 0 radical (unpaired) electrons. The molecule has 1 N–H and O–H groups in total. The number of hydrogen-bond acceptors (Lipinski definition) is 7. The lowest BCUT2D eigenvalue weighted by molar-refractivity contribution is -0.962. The molecule has 0 spiro atoms. The molecule has 1 aliphatic rings. The number of rotatable bonds is 16. The highest BCUT2D eigenvalue weighted by Gasteiger charge is 2.64. The van der Waals surface area contributed by atoms with E-state index in [1.54, 1.807) is 6.92 Å². The summed E-state index contributed by atoms with van der Waals surface area (Å²) in [6.45, 7) is 3.27. The fourth-order valence-electron chi connectivity index (χ4n) is 7.56. The van der Waals surface area contributed by atoms with Gasteiger partial charge in [0.05, 0.1) is 59.8 Å². The Labute approximate surface area is 368 Å². The summed E-state index contributed by atoms with van der Waals surface area (Å²) in [6, 6.07) is 7.26. The maximum Gasteiger partial charge on any atom is 0.423 e. The van der Waals surface area contributed by atoms with Crippen LogP contribution in [0.4, 0.5) is 48.4 Å². The zero-order valence-electron chi connectivity index (χ0n) is 34.7. The fourth-order valence-corrected chi connectivity index (χ4v) is 7.56. The van der Waals surface area contributed by atoms with Gasteiger partial charge in [-0.15, -0.1) is 4.57 Å². The molecule has 1 amide bonds. The fraction of sp³-hybridized carbons (Fsp3) is 0.295. The van der Waals surface area contributed by atoms with E-state index in [2.05, 4.69) is 20.3 Å². The van der Waals surface area contributed by atoms with Crippen LogP contribution < -0.4 is 19.2 Å². The molecule has 7 rings (SSSR count). The molecule has 0 bridgehead atoms. The van der Waals surface area contributed by atoms with Crippen molar-refractivity contribution in [1.29, 1.82) is 0 Å². The van der Waals surface area contributed by atoms with Crippen molar-refractivity contribution in [3.05, 3.63) is 142 Å². The van der Waals surface area contributed by atoms with Gasteiger partial charge in [0, 0.05) is 73.7 Å². The first-order chi connectivity index (χ1) is 31.3. The van der Waals surface area contributed by atoms with Crippen LogP contribution in [0, 0.1) is 30.2 Å². The summed E-state index contributed by atoms with van der Waals surface area (Å²) >= 11 is 0. The highest BCUT2D eigenvalue weighted by atomic mass is 19.4. The zero-order valence-corrected chi connectivity index (χ0v) is 34.7. The molecule has 11 nitrogen and oxygen atoms in total. The number of amides is 1. The number of ether oxygens (including phenoxy) is 3. The first kappa shape index (κ1) is 47.4. The Balaban J connectivity index is 1.42. The van der Waals surface area contributed by atoms with E-state index >= 15 is 22.0 Å². The van der Waals surface area contributed by atoms with Crippen LogP contribution >= 0.6 is 0 Å². The molecular formula is C44H37F11N7O4+3. The number of alkyl halides is 6. The largest absolute Gasteiger partial charge is 0.423 e. The van der Waals surface area contributed by atoms with Crippen molar-refractivity contribution in [3.8, 4) is 34.2 Å². The lowest BCUT2D eigenvalue weighted by Crippen LogP contribution is -2.74. The second-order valence-corrected chi connectivity index (χ2v) is 14.9. The van der Waals surface area contributed by atoms with Crippen molar-refractivity contribution in [1.82, 2.24) is 20.3 Å². The van der Waals surface area contributed by atoms with Gasteiger partial charge in [0.1, 0.15) is 40.6 Å². The molecule has 0 saturated heterocycles. The number of halogens is 11. The van der Waals surface area contributed by atoms with Gasteiger partial charge >= 0.3 is 29.5 Å². The van der Waals surface area contributed by atoms with Gasteiger partial charge in [-0.25, -0.2) is 27.5 Å². The van der Waals surface area contributed by atoms with Crippen LogP contribution in [-0.4, -0.2) is 67.5 Å². The van der Waals surface area contributed by atoms with E-state index in [1.807, 2.05) is 0 Å². The van der Waals surface area contributed by atoms with Gasteiger partial charge < -0.3 is 19.5 Å². The minimum Gasteiger partial charge on any atom is -0.382 e. The summed E-state index contributed by atoms with van der Waals surface area (Å²) in [5.74, 6) is -7.55. The van der Waals surface area contributed by atoms with Gasteiger partial charge in [-0.3, -0.25) is 4.79 Å². The number of pyridine rings is 2. The molecule has 1 atom stereocenters. The third kappa shape index (κ3) is 9.56. The zero-order chi connectivity index (χ0) is 47.6. The Morgan fingerprint density at radius 1 is 0.712 bits per heavy atom. The molecular weight excluding hydrogens is 900 g/mol. The monoisotopic (exact) mass is 936 g/mol. The predicted octanol–water partition coefficient (Wildman–Crippen LogP) is 6.71. The molecule has 0 aliphatic carbocycles. The summed E-state index contributed by atoms with van der Waals surface area (Å²) in [7, 11) is 1.54. The number of nitrogens with one attached hydrogen (secondary N) is 1. The SMILES string of the molecule is COCCOCCOCCNC(=O)CCc1cc[n+](F)c(-c2cc(C)cc[n+]2[C@]2(c3cc(F)cc(F)c3-c3ncc(C(F)(F)F)cn3)c3cc(F)cc(F)c3-c3ncc(C(F)(F)F)c[n+]32)c1. The Hall–Kier alpha value is -6.52. The second kappa shape index (κ2) is 19.1. The van der Waals surface area contributed by atoms with E-state index in [4.69, 9.17) is 14.2 Å². The van der Waals surface area contributed by atoms with Gasteiger partial charge in [0.15, 0.2) is 18.2 Å². The Bertz CT molecular complexity index is 2780. The van der Waals surface area contributed by atoms with Crippen molar-refractivity contribution < 1.29 is 81.3 Å². The van der Waals surface area contributed by atoms with Crippen LogP contribution in [0.15, 0.2) is 85.7 Å². The van der Waals surface area contributed by atoms with E-state index in [9.17, 15) is 31.1 Å². The molecule has 5 heterocycles. The van der Waals surface area contributed by atoms with E-state index in [0.717, 1.165) is 17.0 Å². The molecule has 346 valence electrons. The first-order valence-corrected chi connectivity index (χ1v) is 19.9. The maximum absolute atomic E-state index is 16.6. The average Bonchev–Trinajstić information content (AvgIpc) is 3.54. The molecule has 22 heteroatoms. The summed E-state index contributed by atoms with van der Waals surface area (Å²) in [6.07, 6.45) is -6.81. The summed E-state index contributed by atoms with van der Waals surface area (Å²) in [5, 5.41) is 2.69. The van der Waals surface area contributed by atoms with Gasteiger partial charge in [0.2, 0.25) is 12.1 Å². The highest BCUT2D eigenvalue weighted by Crippen LogP contribution is 2.46. The van der Waals surface area contributed by atoms with Crippen molar-refractivity contribution in [2.45, 2.75) is 37.8 Å². The van der Waals surface area contributed by atoms with Crippen molar-refractivity contribution in [2.75, 3.05) is 46.7 Å². The first-order valence-electron chi connectivity index (χ1n) is 19.9. The van der Waals surface area contributed by atoms with Crippen LogP contribution in [0.5, 0.6) is 0 Å². The molecule has 0 unspecified atom stereocenters. The third-order valence-electron chi connectivity index (χ3n) is 10.5. The van der Waals surface area contributed by atoms with Gasteiger partial charge in [0.25, 0.3) is 5.69 Å². The van der Waals surface area contributed by atoms with E-state index in [1.165, 1.54) is 31.4 Å². The topological polar surface area (TPSA) is 107 Å². The van der Waals surface area contributed by atoms with Crippen LogP contribution in [0.25, 0.3) is 34.2 Å². The minimum atomic E-state index is -5.18. The number of carbonyl (C=O) groups is 1. The number of nitrogens with zero attached hydrogens (tertiary/aromatic N) is 6. The van der Waals surface area contributed by atoms with E-state index in [-0.39, 0.29) is 61.2 Å². The molecule has 0 fully saturated rings. The van der Waals surface area contributed by atoms with E-state index in [0.29, 0.717) is 72.2 Å². The lowest BCUT2D eigenvalue weighted by Gasteiger charge is -2.27. The number of fused-ring (bicyclic) bond motifs is 3. The number of hydrogen-bond donors (Lipinski definition) is 1. The van der Waals surface area contributed by atoms with Crippen molar-refractivity contribution in [2.24, 2.45) is 0 Å². The summed E-state index contributed by atoms with van der Waals surface area (Å²) < 4.78 is 183. The molecule has 6 aromatic rings. The van der Waals surface area contributed by atoms with Gasteiger partial charge in [-0.1, -0.05) is 0 Å². The van der Waals surface area contributed by atoms with Crippen molar-refractivity contribution >= 4 is 5.91 Å². The Morgan fingerprint density at radius 3 is 1.97 bits per heavy atom. The van der Waals surface area contributed by atoms with Crippen LogP contribution in [0.3, 0.4) is 0 Å². The number of aryl methyl sites for hydroxylation is 2. The summed E-state index contributed by atoms with van der Waals surface area (Å²) in [5.41, 5.74) is -8.67. The van der Waals surface area contributed by atoms with Crippen molar-refractivity contribution in [3.63, 3.8) is 0 Å². The Morgan fingerprint density at radius 2 is 1.32 bits per heavy atom. The quantitative estimate of drug-likeness (QED) is 0.0653. The standard InChI is InChI=1S/C44H36F11N7O4/c1-25-5-8-60(35(15-25)36-16-26(6-9-62(36)55)3-4-37(63)56-7-10-65-13-14-66-12-11-64-2)42(31-17-29(45)19-33(47)38(31)40-57-21-27(22-58-40)43(49,50)51)32-18-30(46)20-34(48)39(32)41-59-23-28(24-61(41)42)44(52,53)54/h5-6,8-9,15-24H,3-4,7,10-14H2,1-2H3/q+2/p+1/t42-/m0/s1. The van der Waals surface area contributed by atoms with Gasteiger partial charge in [-0.05, 0) is 41.6 Å². The molecule has 2 aromatic carbocycles. The number of benzene rings is 2. The molecule has 0 saturated carbocycles. The third-order valence-corrected chi connectivity index (χ3v) is 10.5. The van der Waals surface area contributed by atoms with Gasteiger partial charge in [-0.2, -0.15) is 30.9 Å². The normalized spacial score (nSPS) is 14.6. The Kier molecular flexibility index (Phi) is 13.8. The average molecular weight is 937 g/mol. The number of aromatic nitrogens is 6. The minimum absolute atomic E-state index is 0.00501. The van der Waals surface area contributed by atoms with Crippen LogP contribution in [0.1, 0.15) is 39.8 Å². The highest BCUT2D eigenvalue weighted by molar-refractivity contribution is 5.76. The van der Waals surface area contributed by atoms with E-state index < -0.39 is 92.2 Å². The second-order valence-electron chi connectivity index (χ2n) is 14.9. The number of carbonyl (C=O) groups excluding carboxylic acids is 1. The predicted molar refractivity (Wildman–Crippen MR) is 207 cm³/mol. The number of methoxy groups -OCH3 is 1. The maximum atomic E-state index is 16.6. The summed E-state index contributed by atoms with van der Waals surface area (Å²) in [4.78, 5) is 24.2. The van der Waals surface area contributed by atoms with Crippen LogP contribution in [0.2, 0.25) is 0 Å². The molecule has 1 aliphatic heterocycles. The molecule has 66 heavy (non-hydrogen) atoms. The molecule has 4 aromatic heterocycles. The smallest absolute Gasteiger partial charge is 0.382 e.